The maximum absolute atomic E-state index is 14.0. The number of hydrogen-bond donors (Lipinski definition) is 1. The molecule has 4 aliphatic rings. The van der Waals surface area contributed by atoms with Crippen LogP contribution in [0.1, 0.15) is 53.6 Å². The Hall–Kier alpha value is -3.77. The van der Waals surface area contributed by atoms with Gasteiger partial charge in [0.05, 0.1) is 14.2 Å². The third-order valence-electron chi connectivity index (χ3n) is 9.46. The summed E-state index contributed by atoms with van der Waals surface area (Å²) in [7, 11) is 0.210. The number of amides is 1. The summed E-state index contributed by atoms with van der Waals surface area (Å²) < 4.78 is 52.9. The fourth-order valence-electron chi connectivity index (χ4n) is 6.64. The van der Waals surface area contributed by atoms with Gasteiger partial charge in [0.1, 0.15) is 11.5 Å². The second kappa shape index (κ2) is 10.4. The second-order valence-corrected chi connectivity index (χ2v) is 13.6. The first-order chi connectivity index (χ1) is 20.7. The molecular formula is C31H36N4O7S. The normalized spacial score (nSPS) is 18.8. The van der Waals surface area contributed by atoms with Crippen LogP contribution in [0.15, 0.2) is 39.8 Å². The molecule has 2 aliphatic carbocycles. The molecule has 3 aromatic rings. The second-order valence-electron chi connectivity index (χ2n) is 11.9. The van der Waals surface area contributed by atoms with Crippen LogP contribution in [-0.2, 0) is 26.6 Å². The molecule has 1 N–H and O–H groups in total. The van der Waals surface area contributed by atoms with Gasteiger partial charge in [0.25, 0.3) is 15.9 Å². The van der Waals surface area contributed by atoms with Crippen molar-refractivity contribution < 1.29 is 31.9 Å². The number of benzene rings is 2. The maximum atomic E-state index is 14.0. The molecule has 0 radical (unpaired) electrons. The van der Waals surface area contributed by atoms with Crippen molar-refractivity contribution in [1.82, 2.24) is 10.1 Å². The van der Waals surface area contributed by atoms with Crippen molar-refractivity contribution in [3.8, 4) is 22.8 Å². The van der Waals surface area contributed by atoms with Crippen LogP contribution in [-0.4, -0.2) is 78.0 Å². The maximum Gasteiger partial charge on any atom is 0.270 e. The molecule has 0 atom stereocenters. The molecule has 11 nitrogen and oxygen atoms in total. The molecule has 3 heterocycles. The number of nitrogens with zero attached hydrogens (tertiary/aromatic N) is 3. The van der Waals surface area contributed by atoms with E-state index in [0.717, 1.165) is 55.6 Å². The molecule has 2 aromatic carbocycles. The van der Waals surface area contributed by atoms with Crippen LogP contribution in [0.25, 0.3) is 11.3 Å². The Morgan fingerprint density at radius 1 is 1.09 bits per heavy atom. The van der Waals surface area contributed by atoms with E-state index in [1.807, 2.05) is 0 Å². The lowest BCUT2D eigenvalue weighted by atomic mass is 9.79. The number of carbonyl (C=O) groups excluding carboxylic acids is 1. The van der Waals surface area contributed by atoms with Gasteiger partial charge in [-0.1, -0.05) is 11.2 Å². The molecule has 1 saturated carbocycles. The monoisotopic (exact) mass is 608 g/mol. The van der Waals surface area contributed by atoms with Gasteiger partial charge in [0, 0.05) is 67.2 Å². The van der Waals surface area contributed by atoms with Crippen LogP contribution < -0.4 is 19.1 Å². The Morgan fingerprint density at radius 3 is 2.40 bits per heavy atom. The number of nitrogens with one attached hydrogen (secondary N) is 1. The van der Waals surface area contributed by atoms with Gasteiger partial charge in [-0.2, -0.15) is 0 Å². The highest BCUT2D eigenvalue weighted by molar-refractivity contribution is 7.93. The number of carbonyl (C=O) groups is 1. The van der Waals surface area contributed by atoms with Crippen LogP contribution in [0.5, 0.6) is 11.5 Å². The summed E-state index contributed by atoms with van der Waals surface area (Å²) in [5.41, 5.74) is 4.34. The summed E-state index contributed by atoms with van der Waals surface area (Å²) >= 11 is 0. The molecule has 3 fully saturated rings. The minimum absolute atomic E-state index is 0.00358. The topological polar surface area (TPSA) is 123 Å². The lowest BCUT2D eigenvalue weighted by Crippen LogP contribution is -2.40. The predicted molar refractivity (Wildman–Crippen MR) is 160 cm³/mol. The number of aromatic nitrogens is 1. The van der Waals surface area contributed by atoms with Gasteiger partial charge in [-0.25, -0.2) is 8.42 Å². The highest BCUT2D eigenvalue weighted by atomic mass is 32.2. The summed E-state index contributed by atoms with van der Waals surface area (Å²) in [6, 6.07) is 9.44. The van der Waals surface area contributed by atoms with Gasteiger partial charge < -0.3 is 28.5 Å². The number of sulfonamides is 1. The van der Waals surface area contributed by atoms with Crippen molar-refractivity contribution in [3.63, 3.8) is 0 Å². The van der Waals surface area contributed by atoms with Crippen LogP contribution in [0.4, 0.5) is 11.5 Å². The molecule has 0 bridgehead atoms. The molecule has 2 saturated heterocycles. The zero-order valence-electron chi connectivity index (χ0n) is 24.6. The van der Waals surface area contributed by atoms with Gasteiger partial charge in [-0.15, -0.1) is 0 Å². The smallest absolute Gasteiger partial charge is 0.270 e. The number of anilines is 2. The summed E-state index contributed by atoms with van der Waals surface area (Å²) in [5.74, 6) is 0.498. The average Bonchev–Trinajstić information content (AvgIpc) is 3.66. The van der Waals surface area contributed by atoms with Gasteiger partial charge in [-0.3, -0.25) is 9.52 Å². The van der Waals surface area contributed by atoms with E-state index in [9.17, 15) is 13.2 Å². The van der Waals surface area contributed by atoms with Crippen molar-refractivity contribution >= 4 is 27.4 Å². The zero-order chi connectivity index (χ0) is 29.9. The van der Waals surface area contributed by atoms with Crippen LogP contribution >= 0.6 is 0 Å². The summed E-state index contributed by atoms with van der Waals surface area (Å²) in [4.78, 5) is 17.2. The van der Waals surface area contributed by atoms with Gasteiger partial charge in [-0.05, 0) is 68.4 Å². The van der Waals surface area contributed by atoms with E-state index in [2.05, 4.69) is 33.0 Å². The highest BCUT2D eigenvalue weighted by Crippen LogP contribution is 2.59. The molecule has 1 amide bonds. The number of rotatable bonds is 8. The van der Waals surface area contributed by atoms with Crippen molar-refractivity contribution in [1.29, 1.82) is 0 Å². The van der Waals surface area contributed by atoms with Crippen molar-refractivity contribution in [2.45, 2.75) is 54.9 Å². The Morgan fingerprint density at radius 2 is 1.79 bits per heavy atom. The molecular weight excluding hydrogens is 572 g/mol. The predicted octanol–water partition coefficient (Wildman–Crippen LogP) is 4.21. The van der Waals surface area contributed by atoms with Gasteiger partial charge in [0.15, 0.2) is 16.5 Å². The first-order valence-corrected chi connectivity index (χ1v) is 16.2. The van der Waals surface area contributed by atoms with Crippen molar-refractivity contribution in [2.24, 2.45) is 0 Å². The fraction of sp³-hybridized carbons (Fsp3) is 0.484. The number of ether oxygens (including phenoxy) is 3. The minimum Gasteiger partial charge on any atom is -0.495 e. The highest BCUT2D eigenvalue weighted by Gasteiger charge is 2.51. The fourth-order valence-corrected chi connectivity index (χ4v) is 7.97. The molecule has 7 rings (SSSR count). The van der Waals surface area contributed by atoms with E-state index in [4.69, 9.17) is 18.7 Å². The largest absolute Gasteiger partial charge is 0.495 e. The van der Waals surface area contributed by atoms with Crippen LogP contribution in [0, 0.1) is 0 Å². The van der Waals surface area contributed by atoms with E-state index >= 15 is 0 Å². The Balaban J connectivity index is 1.22. The molecule has 2 aliphatic heterocycles. The molecule has 1 spiro atoms. The van der Waals surface area contributed by atoms with E-state index < -0.39 is 10.0 Å². The lowest BCUT2D eigenvalue weighted by molar-refractivity contribution is 0.0361. The molecule has 12 heteroatoms. The van der Waals surface area contributed by atoms with Crippen LogP contribution in [0.3, 0.4) is 0 Å². The Bertz CT molecular complexity index is 1660. The van der Waals surface area contributed by atoms with Gasteiger partial charge >= 0.3 is 0 Å². The van der Waals surface area contributed by atoms with E-state index in [-0.39, 0.29) is 45.1 Å². The molecule has 228 valence electrons. The first kappa shape index (κ1) is 28.0. The summed E-state index contributed by atoms with van der Waals surface area (Å²) in [6.07, 6.45) is 5.34. The van der Waals surface area contributed by atoms with E-state index in [1.54, 1.807) is 11.9 Å². The third-order valence-corrected chi connectivity index (χ3v) is 10.9. The quantitative estimate of drug-likeness (QED) is 0.401. The third kappa shape index (κ3) is 4.71. The molecule has 0 unspecified atom stereocenters. The first-order valence-electron chi connectivity index (χ1n) is 14.8. The Kier molecular flexibility index (Phi) is 6.81. The standard InChI is InChI=1S/C31H36N4O7S/c1-34(20-7-13-41-14-8-20)30(36)19-15-25(39-2)28(26(16-19)40-3)43(37,38)33-29-23-18-31(9-10-31)24-6-5-21(35-11-4-12-35)17-22(24)27(23)42-32-29/h5-6,15-17,20H,4,7-14,18H2,1-3H3,(H,32,33). The number of methoxy groups -OCH3 is 2. The zero-order valence-corrected chi connectivity index (χ0v) is 25.5. The van der Waals surface area contributed by atoms with E-state index in [0.29, 0.717) is 25.4 Å². The number of hydrogen-bond acceptors (Lipinski definition) is 9. The Labute approximate surface area is 251 Å². The minimum atomic E-state index is -4.27. The van der Waals surface area contributed by atoms with Crippen LogP contribution in [0.2, 0.25) is 0 Å². The summed E-state index contributed by atoms with van der Waals surface area (Å²) in [5, 5.41) is 4.21. The van der Waals surface area contributed by atoms with E-state index in [1.165, 1.54) is 38.3 Å². The van der Waals surface area contributed by atoms with Gasteiger partial charge in [0.2, 0.25) is 0 Å². The SMILES string of the molecule is COc1cc(C(=O)N(C)C2CCOCC2)cc(OC)c1S(=O)(=O)Nc1noc2c1CC1(CC1)c1ccc(N3CCC3)cc1-2. The molecule has 43 heavy (non-hydrogen) atoms. The number of fused-ring (bicyclic) bond motifs is 4. The summed E-state index contributed by atoms with van der Waals surface area (Å²) in [6.45, 7) is 3.24. The lowest BCUT2D eigenvalue weighted by Gasteiger charge is -2.34. The molecule has 1 aromatic heterocycles. The van der Waals surface area contributed by atoms with Crippen molar-refractivity contribution in [3.05, 3.63) is 47.0 Å². The average molecular weight is 609 g/mol. The van der Waals surface area contributed by atoms with Crippen molar-refractivity contribution in [2.75, 3.05) is 57.2 Å².